The van der Waals surface area contributed by atoms with Gasteiger partial charge in [0.1, 0.15) is 5.69 Å². The lowest BCUT2D eigenvalue weighted by atomic mass is 10.3. The van der Waals surface area contributed by atoms with Crippen LogP contribution in [0.25, 0.3) is 5.65 Å². The van der Waals surface area contributed by atoms with Gasteiger partial charge in [0.25, 0.3) is 5.91 Å². The van der Waals surface area contributed by atoms with Crippen LogP contribution in [0.15, 0.2) is 22.8 Å². The van der Waals surface area contributed by atoms with Gasteiger partial charge in [-0.1, -0.05) is 0 Å². The lowest BCUT2D eigenvalue weighted by Crippen LogP contribution is -2.30. The molecule has 2 heterocycles. The number of nitrogens with one attached hydrogen (secondary N) is 1. The van der Waals surface area contributed by atoms with Gasteiger partial charge in [-0.15, -0.1) is 0 Å². The number of aromatic nitrogens is 2. The van der Waals surface area contributed by atoms with E-state index in [-0.39, 0.29) is 5.91 Å². The molecule has 0 atom stereocenters. The second-order valence-corrected chi connectivity index (χ2v) is 4.49. The van der Waals surface area contributed by atoms with Crippen molar-refractivity contribution in [2.75, 3.05) is 13.1 Å². The van der Waals surface area contributed by atoms with Crippen LogP contribution in [0.1, 0.15) is 16.2 Å². The standard InChI is InChI=1S/C11H13BrN4O/c1-7-9(11(17)14-5-4-13)16-6-2-3-8(12)10(16)15-7/h2-3,6H,4-5,13H2,1H3,(H,14,17). The third-order valence-corrected chi connectivity index (χ3v) is 3.04. The number of aryl methyl sites for hydroxylation is 1. The molecular weight excluding hydrogens is 284 g/mol. The van der Waals surface area contributed by atoms with Crippen molar-refractivity contribution in [3.05, 3.63) is 34.2 Å². The van der Waals surface area contributed by atoms with Crippen LogP contribution in [0.2, 0.25) is 0 Å². The second kappa shape index (κ2) is 4.85. The highest BCUT2D eigenvalue weighted by atomic mass is 79.9. The van der Waals surface area contributed by atoms with E-state index >= 15 is 0 Å². The van der Waals surface area contributed by atoms with Crippen LogP contribution in [0.4, 0.5) is 0 Å². The SMILES string of the molecule is Cc1nc2c(Br)cccn2c1C(=O)NCCN. The smallest absolute Gasteiger partial charge is 0.270 e. The van der Waals surface area contributed by atoms with E-state index < -0.39 is 0 Å². The number of amides is 1. The molecule has 3 N–H and O–H groups in total. The predicted octanol–water partition coefficient (Wildman–Crippen LogP) is 1.09. The number of hydrogen-bond acceptors (Lipinski definition) is 3. The molecule has 2 rings (SSSR count). The Balaban J connectivity index is 2.50. The highest BCUT2D eigenvalue weighted by Crippen LogP contribution is 2.20. The Morgan fingerprint density at radius 3 is 3.12 bits per heavy atom. The van der Waals surface area contributed by atoms with Gasteiger partial charge in [0.15, 0.2) is 5.65 Å². The number of hydrogen-bond donors (Lipinski definition) is 2. The van der Waals surface area contributed by atoms with Crippen LogP contribution in [0, 0.1) is 6.92 Å². The number of nitrogens with two attached hydrogens (primary N) is 1. The molecule has 2 aromatic rings. The molecule has 6 heteroatoms. The minimum atomic E-state index is -0.154. The maximum Gasteiger partial charge on any atom is 0.270 e. The fraction of sp³-hybridized carbons (Fsp3) is 0.273. The zero-order valence-electron chi connectivity index (χ0n) is 9.40. The maximum atomic E-state index is 12.0. The summed E-state index contributed by atoms with van der Waals surface area (Å²) in [7, 11) is 0. The van der Waals surface area contributed by atoms with Crippen molar-refractivity contribution < 1.29 is 4.79 Å². The average Bonchev–Trinajstić information content (AvgIpc) is 2.64. The first-order valence-electron chi connectivity index (χ1n) is 5.26. The molecular formula is C11H13BrN4O. The molecule has 0 aliphatic heterocycles. The van der Waals surface area contributed by atoms with Crippen LogP contribution in [0.5, 0.6) is 0 Å². The molecule has 0 bridgehead atoms. The van der Waals surface area contributed by atoms with E-state index in [0.717, 1.165) is 10.1 Å². The monoisotopic (exact) mass is 296 g/mol. The molecule has 0 aromatic carbocycles. The highest BCUT2D eigenvalue weighted by molar-refractivity contribution is 9.10. The summed E-state index contributed by atoms with van der Waals surface area (Å²) in [4.78, 5) is 16.3. The molecule has 0 fully saturated rings. The number of halogens is 1. The van der Waals surface area contributed by atoms with Crippen LogP contribution < -0.4 is 11.1 Å². The van der Waals surface area contributed by atoms with Crippen molar-refractivity contribution in [1.29, 1.82) is 0 Å². The van der Waals surface area contributed by atoms with Gasteiger partial charge in [-0.05, 0) is 35.0 Å². The molecule has 0 aliphatic carbocycles. The van der Waals surface area contributed by atoms with Crippen LogP contribution in [0.3, 0.4) is 0 Å². The summed E-state index contributed by atoms with van der Waals surface area (Å²) in [6, 6.07) is 3.75. The first-order chi connectivity index (χ1) is 8.15. The zero-order chi connectivity index (χ0) is 12.4. The third kappa shape index (κ3) is 2.18. The number of carbonyl (C=O) groups excluding carboxylic acids is 1. The van der Waals surface area contributed by atoms with Gasteiger partial charge in [0.05, 0.1) is 10.2 Å². The Morgan fingerprint density at radius 1 is 1.65 bits per heavy atom. The Kier molecular flexibility index (Phi) is 3.44. The van der Waals surface area contributed by atoms with Crippen molar-refractivity contribution in [3.63, 3.8) is 0 Å². The van der Waals surface area contributed by atoms with E-state index in [0.29, 0.717) is 24.5 Å². The Hall–Kier alpha value is -1.40. The Labute approximate surface area is 107 Å². The fourth-order valence-corrected chi connectivity index (χ4v) is 2.12. The summed E-state index contributed by atoms with van der Waals surface area (Å²) in [6.45, 7) is 2.70. The van der Waals surface area contributed by atoms with E-state index in [4.69, 9.17) is 5.73 Å². The average molecular weight is 297 g/mol. The fourth-order valence-electron chi connectivity index (χ4n) is 1.69. The van der Waals surface area contributed by atoms with Crippen LogP contribution >= 0.6 is 15.9 Å². The summed E-state index contributed by atoms with van der Waals surface area (Å²) < 4.78 is 2.63. The van der Waals surface area contributed by atoms with Gasteiger partial charge in [0.2, 0.25) is 0 Å². The summed E-state index contributed by atoms with van der Waals surface area (Å²) in [5.41, 5.74) is 7.35. The lowest BCUT2D eigenvalue weighted by Gasteiger charge is -2.04. The molecule has 0 unspecified atom stereocenters. The number of fused-ring (bicyclic) bond motifs is 1. The molecule has 0 saturated heterocycles. The van der Waals surface area contributed by atoms with E-state index in [1.807, 2.05) is 25.3 Å². The van der Waals surface area contributed by atoms with E-state index in [9.17, 15) is 4.79 Å². The van der Waals surface area contributed by atoms with Crippen molar-refractivity contribution >= 4 is 27.5 Å². The van der Waals surface area contributed by atoms with E-state index in [1.54, 1.807) is 4.40 Å². The van der Waals surface area contributed by atoms with Gasteiger partial charge >= 0.3 is 0 Å². The Morgan fingerprint density at radius 2 is 2.41 bits per heavy atom. The van der Waals surface area contributed by atoms with E-state index in [1.165, 1.54) is 0 Å². The van der Waals surface area contributed by atoms with Crippen molar-refractivity contribution in [2.24, 2.45) is 5.73 Å². The molecule has 17 heavy (non-hydrogen) atoms. The van der Waals surface area contributed by atoms with Gasteiger partial charge in [-0.25, -0.2) is 4.98 Å². The van der Waals surface area contributed by atoms with Crippen LogP contribution in [-0.4, -0.2) is 28.4 Å². The van der Waals surface area contributed by atoms with Crippen LogP contribution in [-0.2, 0) is 0 Å². The summed E-state index contributed by atoms with van der Waals surface area (Å²) in [5.74, 6) is -0.154. The van der Waals surface area contributed by atoms with E-state index in [2.05, 4.69) is 26.2 Å². The molecule has 90 valence electrons. The molecule has 0 aliphatic rings. The second-order valence-electron chi connectivity index (χ2n) is 3.64. The number of imidazole rings is 1. The maximum absolute atomic E-state index is 12.0. The summed E-state index contributed by atoms with van der Waals surface area (Å²) in [6.07, 6.45) is 1.82. The van der Waals surface area contributed by atoms with Crippen molar-refractivity contribution in [2.45, 2.75) is 6.92 Å². The normalized spacial score (nSPS) is 10.8. The van der Waals surface area contributed by atoms with Gasteiger partial charge in [-0.2, -0.15) is 0 Å². The number of carbonyl (C=O) groups is 1. The predicted molar refractivity (Wildman–Crippen MR) is 69.0 cm³/mol. The molecule has 5 nitrogen and oxygen atoms in total. The van der Waals surface area contributed by atoms with Gasteiger partial charge in [-0.3, -0.25) is 9.20 Å². The minimum absolute atomic E-state index is 0.154. The largest absolute Gasteiger partial charge is 0.349 e. The first kappa shape index (κ1) is 12.1. The van der Waals surface area contributed by atoms with Crippen molar-refractivity contribution in [1.82, 2.24) is 14.7 Å². The lowest BCUT2D eigenvalue weighted by molar-refractivity contribution is 0.0948. The van der Waals surface area contributed by atoms with Crippen molar-refractivity contribution in [3.8, 4) is 0 Å². The topological polar surface area (TPSA) is 72.4 Å². The number of pyridine rings is 1. The molecule has 0 saturated carbocycles. The number of nitrogens with zero attached hydrogens (tertiary/aromatic N) is 2. The highest BCUT2D eigenvalue weighted by Gasteiger charge is 2.16. The Bertz CT molecular complexity index is 564. The quantitative estimate of drug-likeness (QED) is 0.891. The van der Waals surface area contributed by atoms with Gasteiger partial charge < -0.3 is 11.1 Å². The molecule has 0 radical (unpaired) electrons. The molecule has 1 amide bonds. The first-order valence-corrected chi connectivity index (χ1v) is 6.06. The summed E-state index contributed by atoms with van der Waals surface area (Å²) >= 11 is 3.41. The molecule has 2 aromatic heterocycles. The minimum Gasteiger partial charge on any atom is -0.349 e. The molecule has 0 spiro atoms. The zero-order valence-corrected chi connectivity index (χ0v) is 11.0. The number of rotatable bonds is 3. The summed E-state index contributed by atoms with van der Waals surface area (Å²) in [5, 5.41) is 2.75. The third-order valence-electron chi connectivity index (χ3n) is 2.42. The van der Waals surface area contributed by atoms with Gasteiger partial charge in [0, 0.05) is 19.3 Å².